The molecule has 1 aromatic carbocycles. The van der Waals surface area contributed by atoms with Gasteiger partial charge in [0.05, 0.1) is 19.2 Å². The number of halogens is 1. The van der Waals surface area contributed by atoms with Crippen LogP contribution in [-0.4, -0.2) is 53.1 Å². The van der Waals surface area contributed by atoms with Crippen LogP contribution in [0.3, 0.4) is 0 Å². The first-order valence-corrected chi connectivity index (χ1v) is 11.0. The van der Waals surface area contributed by atoms with Crippen LogP contribution in [0.15, 0.2) is 59.5 Å². The fraction of sp³-hybridized carbons (Fsp3) is 0.280. The minimum Gasteiger partial charge on any atom is -0.452 e. The number of hydrogen-bond acceptors (Lipinski definition) is 5. The van der Waals surface area contributed by atoms with Crippen molar-refractivity contribution >= 4 is 34.5 Å². The van der Waals surface area contributed by atoms with Crippen molar-refractivity contribution in [3.8, 4) is 0 Å². The van der Waals surface area contributed by atoms with Crippen LogP contribution in [0.5, 0.6) is 0 Å². The first-order chi connectivity index (χ1) is 16.7. The third-order valence-electron chi connectivity index (χ3n) is 5.30. The van der Waals surface area contributed by atoms with E-state index in [9.17, 15) is 23.6 Å². The lowest BCUT2D eigenvalue weighted by Crippen LogP contribution is -2.27. The van der Waals surface area contributed by atoms with E-state index in [0.29, 0.717) is 29.4 Å². The van der Waals surface area contributed by atoms with Gasteiger partial charge in [0.15, 0.2) is 0 Å². The van der Waals surface area contributed by atoms with Crippen molar-refractivity contribution in [3.05, 3.63) is 76.6 Å². The third kappa shape index (κ3) is 6.23. The van der Waals surface area contributed by atoms with Crippen molar-refractivity contribution < 1.29 is 23.5 Å². The second-order valence-corrected chi connectivity index (χ2v) is 8.07. The molecule has 0 spiro atoms. The Balaban J connectivity index is 1.73. The molecule has 9 nitrogen and oxygen atoms in total. The van der Waals surface area contributed by atoms with Crippen LogP contribution in [-0.2, 0) is 20.9 Å². The van der Waals surface area contributed by atoms with Crippen molar-refractivity contribution in [1.29, 1.82) is 0 Å². The highest BCUT2D eigenvalue weighted by atomic mass is 19.1. The summed E-state index contributed by atoms with van der Waals surface area (Å²) < 4.78 is 21.2. The van der Waals surface area contributed by atoms with Crippen LogP contribution in [0.1, 0.15) is 25.0 Å². The molecule has 1 N–H and O–H groups in total. The molecular weight excluding hydrogens is 455 g/mol. The molecule has 3 rings (SSSR count). The van der Waals surface area contributed by atoms with Gasteiger partial charge in [-0.15, -0.1) is 0 Å². The van der Waals surface area contributed by atoms with Crippen molar-refractivity contribution in [1.82, 2.24) is 14.0 Å². The number of carbonyl (C=O) groups excluding carboxylic acids is 3. The number of rotatable bonds is 8. The number of ether oxygens (including phenoxy) is 1. The maximum Gasteiger partial charge on any atom is 0.418 e. The second kappa shape index (κ2) is 11.3. The van der Waals surface area contributed by atoms with Gasteiger partial charge in [0.25, 0.3) is 5.56 Å². The topological polar surface area (TPSA) is 103 Å². The zero-order chi connectivity index (χ0) is 25.5. The van der Waals surface area contributed by atoms with E-state index in [1.807, 2.05) is 0 Å². The number of fused-ring (bicyclic) bond motifs is 1. The molecule has 0 aliphatic rings. The monoisotopic (exact) mass is 482 g/mol. The SMILES string of the molecule is COC(=O)n1c(Cn2cccc(NC(=O)CCC/C=C/C(=O)N(C)C)c2=O)cc2cc(F)ccc21. The number of unbranched alkanes of at least 4 members (excludes halogenated alkanes) is 1. The van der Waals surface area contributed by atoms with Gasteiger partial charge in [-0.25, -0.2) is 13.8 Å². The van der Waals surface area contributed by atoms with Gasteiger partial charge in [-0.3, -0.25) is 14.4 Å². The van der Waals surface area contributed by atoms with E-state index >= 15 is 0 Å². The predicted molar refractivity (Wildman–Crippen MR) is 130 cm³/mol. The molecule has 10 heteroatoms. The third-order valence-corrected chi connectivity index (χ3v) is 5.30. The molecule has 0 fully saturated rings. The number of allylic oxidation sites excluding steroid dienone is 1. The average molecular weight is 483 g/mol. The first kappa shape index (κ1) is 25.4. The van der Waals surface area contributed by atoms with Gasteiger partial charge in [-0.05, 0) is 55.3 Å². The summed E-state index contributed by atoms with van der Waals surface area (Å²) in [7, 11) is 4.54. The number of likely N-dealkylation sites (N-methyl/N-ethyl adjacent to an activating group) is 1. The Kier molecular flexibility index (Phi) is 8.19. The number of benzene rings is 1. The number of carbonyl (C=O) groups is 3. The van der Waals surface area contributed by atoms with Crippen LogP contribution < -0.4 is 10.9 Å². The van der Waals surface area contributed by atoms with E-state index < -0.39 is 17.5 Å². The summed E-state index contributed by atoms with van der Waals surface area (Å²) in [6, 6.07) is 8.72. The van der Waals surface area contributed by atoms with Crippen molar-refractivity contribution in [2.75, 3.05) is 26.5 Å². The molecule has 35 heavy (non-hydrogen) atoms. The molecule has 0 saturated carbocycles. The van der Waals surface area contributed by atoms with Crippen LogP contribution in [0.4, 0.5) is 14.9 Å². The number of pyridine rings is 1. The summed E-state index contributed by atoms with van der Waals surface area (Å²) in [5.74, 6) is -0.908. The number of aromatic nitrogens is 2. The minimum atomic E-state index is -0.666. The quantitative estimate of drug-likeness (QED) is 0.392. The molecule has 184 valence electrons. The van der Waals surface area contributed by atoms with Crippen LogP contribution >= 0.6 is 0 Å². The van der Waals surface area contributed by atoms with Gasteiger partial charge >= 0.3 is 6.09 Å². The van der Waals surface area contributed by atoms with Gasteiger partial charge in [-0.2, -0.15) is 0 Å². The summed E-state index contributed by atoms with van der Waals surface area (Å²) in [4.78, 5) is 50.6. The lowest BCUT2D eigenvalue weighted by atomic mass is 10.2. The molecule has 0 bridgehead atoms. The Bertz CT molecular complexity index is 1340. The van der Waals surface area contributed by atoms with E-state index in [-0.39, 0.29) is 30.5 Å². The molecule has 2 heterocycles. The number of methoxy groups -OCH3 is 1. The summed E-state index contributed by atoms with van der Waals surface area (Å²) in [6.45, 7) is -0.00135. The summed E-state index contributed by atoms with van der Waals surface area (Å²) >= 11 is 0. The maximum absolute atomic E-state index is 13.7. The normalized spacial score (nSPS) is 11.1. The van der Waals surface area contributed by atoms with E-state index in [4.69, 9.17) is 4.74 Å². The van der Waals surface area contributed by atoms with E-state index in [2.05, 4.69) is 5.32 Å². The number of hydrogen-bond donors (Lipinski definition) is 1. The molecule has 0 atom stereocenters. The Morgan fingerprint density at radius 2 is 1.94 bits per heavy atom. The van der Waals surface area contributed by atoms with E-state index in [0.717, 1.165) is 0 Å². The van der Waals surface area contributed by atoms with Crippen LogP contribution in [0, 0.1) is 5.82 Å². The van der Waals surface area contributed by atoms with Gasteiger partial charge in [0, 0.05) is 37.8 Å². The number of nitrogens with one attached hydrogen (secondary N) is 1. The second-order valence-electron chi connectivity index (χ2n) is 8.07. The van der Waals surface area contributed by atoms with Crippen molar-refractivity contribution in [2.24, 2.45) is 0 Å². The maximum atomic E-state index is 13.7. The van der Waals surface area contributed by atoms with Crippen LogP contribution in [0.2, 0.25) is 0 Å². The molecule has 2 aromatic heterocycles. The molecule has 2 amide bonds. The summed E-state index contributed by atoms with van der Waals surface area (Å²) in [5.41, 5.74) is 0.516. The van der Waals surface area contributed by atoms with Gasteiger partial charge in [-0.1, -0.05) is 6.08 Å². The number of anilines is 1. The average Bonchev–Trinajstić information content (AvgIpc) is 3.17. The molecule has 0 aliphatic carbocycles. The fourth-order valence-electron chi connectivity index (χ4n) is 3.52. The molecule has 0 radical (unpaired) electrons. The standard InChI is InChI=1S/C25H27FN4O5/c1-28(2)23(32)10-6-4-5-9-22(31)27-20-8-7-13-29(24(20)33)16-19-15-17-14-18(26)11-12-21(17)30(19)25(34)35-3/h6-8,10-15H,4-5,9,16H2,1-3H3,(H,27,31)/b10-6+. The Labute approximate surface area is 201 Å². The molecule has 0 unspecified atom stereocenters. The highest BCUT2D eigenvalue weighted by Gasteiger charge is 2.17. The van der Waals surface area contributed by atoms with Crippen molar-refractivity contribution in [2.45, 2.75) is 25.8 Å². The summed E-state index contributed by atoms with van der Waals surface area (Å²) in [5, 5.41) is 3.11. The summed E-state index contributed by atoms with van der Waals surface area (Å²) in [6.07, 6.45) is 5.26. The highest BCUT2D eigenvalue weighted by molar-refractivity contribution is 5.91. The number of amides is 2. The zero-order valence-corrected chi connectivity index (χ0v) is 19.8. The van der Waals surface area contributed by atoms with Crippen molar-refractivity contribution in [3.63, 3.8) is 0 Å². The molecule has 0 aliphatic heterocycles. The Morgan fingerprint density at radius 3 is 2.66 bits per heavy atom. The Hall–Kier alpha value is -4.21. The van der Waals surface area contributed by atoms with E-state index in [1.54, 1.807) is 32.3 Å². The van der Waals surface area contributed by atoms with Gasteiger partial charge in [0.1, 0.15) is 11.5 Å². The first-order valence-electron chi connectivity index (χ1n) is 11.0. The lowest BCUT2D eigenvalue weighted by molar-refractivity contribution is -0.123. The Morgan fingerprint density at radius 1 is 1.17 bits per heavy atom. The fourth-order valence-corrected chi connectivity index (χ4v) is 3.52. The minimum absolute atomic E-state index is 0.00135. The smallest absolute Gasteiger partial charge is 0.418 e. The molecule has 0 saturated heterocycles. The molecule has 3 aromatic rings. The highest BCUT2D eigenvalue weighted by Crippen LogP contribution is 2.22. The largest absolute Gasteiger partial charge is 0.452 e. The molecular formula is C25H27FN4O5. The predicted octanol–water partition coefficient (Wildman–Crippen LogP) is 3.36. The zero-order valence-electron chi connectivity index (χ0n) is 19.8. The van der Waals surface area contributed by atoms with Gasteiger partial charge in [0.2, 0.25) is 11.8 Å². The number of nitrogens with zero attached hydrogens (tertiary/aromatic N) is 3. The van der Waals surface area contributed by atoms with E-state index in [1.165, 1.54) is 57.7 Å². The van der Waals surface area contributed by atoms with Gasteiger partial charge < -0.3 is 19.5 Å². The van der Waals surface area contributed by atoms with Crippen LogP contribution in [0.25, 0.3) is 10.9 Å². The lowest BCUT2D eigenvalue weighted by Gasteiger charge is -2.11.